The molecule has 0 aliphatic carbocycles. The summed E-state index contributed by atoms with van der Waals surface area (Å²) in [6, 6.07) is 10.2. The highest BCUT2D eigenvalue weighted by molar-refractivity contribution is 5.22. The number of benzene rings is 1. The molecule has 1 saturated heterocycles. The Kier molecular flexibility index (Phi) is 6.05. The van der Waals surface area contributed by atoms with Crippen molar-refractivity contribution in [2.24, 2.45) is 0 Å². The Hall–Kier alpha value is -0.860. The van der Waals surface area contributed by atoms with Gasteiger partial charge in [0.25, 0.3) is 0 Å². The van der Waals surface area contributed by atoms with Crippen LogP contribution in [0.5, 0.6) is 0 Å². The van der Waals surface area contributed by atoms with Gasteiger partial charge < -0.3 is 5.32 Å². The van der Waals surface area contributed by atoms with Crippen LogP contribution in [-0.4, -0.2) is 35.6 Å². The van der Waals surface area contributed by atoms with E-state index in [-0.39, 0.29) is 0 Å². The first-order chi connectivity index (χ1) is 10.3. The summed E-state index contributed by atoms with van der Waals surface area (Å²) in [6.45, 7) is 13.9. The summed E-state index contributed by atoms with van der Waals surface area (Å²) in [7, 11) is 0. The van der Waals surface area contributed by atoms with E-state index in [0.717, 1.165) is 0 Å². The van der Waals surface area contributed by atoms with Crippen molar-refractivity contribution in [1.82, 2.24) is 10.2 Å². The van der Waals surface area contributed by atoms with Gasteiger partial charge in [0.15, 0.2) is 0 Å². The predicted octanol–water partition coefficient (Wildman–Crippen LogP) is 4.17. The van der Waals surface area contributed by atoms with Crippen molar-refractivity contribution in [3.63, 3.8) is 0 Å². The molecule has 1 unspecified atom stereocenters. The summed E-state index contributed by atoms with van der Waals surface area (Å²) in [5.41, 5.74) is 3.16. The van der Waals surface area contributed by atoms with Crippen LogP contribution >= 0.6 is 0 Å². The van der Waals surface area contributed by atoms with E-state index in [1.165, 1.54) is 49.9 Å². The van der Waals surface area contributed by atoms with Crippen LogP contribution in [0, 0.1) is 6.92 Å². The normalized spacial score (nSPS) is 19.3. The van der Waals surface area contributed by atoms with Crippen molar-refractivity contribution in [2.75, 3.05) is 13.1 Å². The summed E-state index contributed by atoms with van der Waals surface area (Å²) in [4.78, 5) is 2.61. The Balaban J connectivity index is 1.71. The van der Waals surface area contributed by atoms with Gasteiger partial charge in [0.1, 0.15) is 0 Å². The number of rotatable bonds is 5. The number of aryl methyl sites for hydroxylation is 2. The van der Waals surface area contributed by atoms with Crippen molar-refractivity contribution in [3.05, 3.63) is 35.4 Å². The summed E-state index contributed by atoms with van der Waals surface area (Å²) >= 11 is 0. The van der Waals surface area contributed by atoms with Gasteiger partial charge in [-0.05, 0) is 65.9 Å². The van der Waals surface area contributed by atoms with Gasteiger partial charge in [-0.25, -0.2) is 0 Å². The Bertz CT molecular complexity index is 453. The second-order valence-corrected chi connectivity index (χ2v) is 8.03. The minimum absolute atomic E-state index is 0.321. The van der Waals surface area contributed by atoms with E-state index >= 15 is 0 Å². The van der Waals surface area contributed by atoms with E-state index in [1.807, 2.05) is 0 Å². The van der Waals surface area contributed by atoms with Crippen LogP contribution in [0.2, 0.25) is 0 Å². The zero-order valence-electron chi connectivity index (χ0n) is 15.2. The molecule has 1 aromatic rings. The second-order valence-electron chi connectivity index (χ2n) is 8.03. The van der Waals surface area contributed by atoms with Crippen molar-refractivity contribution in [3.8, 4) is 0 Å². The van der Waals surface area contributed by atoms with E-state index in [1.54, 1.807) is 0 Å². The van der Waals surface area contributed by atoms with Gasteiger partial charge >= 0.3 is 0 Å². The fraction of sp³-hybridized carbons (Fsp3) is 0.700. The fourth-order valence-electron chi connectivity index (χ4n) is 3.45. The molecule has 0 amide bonds. The molecule has 2 nitrogen and oxygen atoms in total. The molecule has 22 heavy (non-hydrogen) atoms. The third kappa shape index (κ3) is 5.40. The molecule has 0 saturated carbocycles. The standard InChI is InChI=1S/C20H34N2/c1-16-7-6-8-18(15-16)10-9-17(2)21-19-11-13-22(14-12-19)20(3,4)5/h6-8,15,17,19,21H,9-14H2,1-5H3. The summed E-state index contributed by atoms with van der Waals surface area (Å²) in [6.07, 6.45) is 4.97. The monoisotopic (exact) mass is 302 g/mol. The third-order valence-electron chi connectivity index (χ3n) is 4.91. The average molecular weight is 303 g/mol. The summed E-state index contributed by atoms with van der Waals surface area (Å²) in [5, 5.41) is 3.85. The molecule has 1 heterocycles. The average Bonchev–Trinajstić information content (AvgIpc) is 2.45. The quantitative estimate of drug-likeness (QED) is 0.878. The number of hydrogen-bond donors (Lipinski definition) is 1. The largest absolute Gasteiger partial charge is 0.311 e. The maximum absolute atomic E-state index is 3.85. The molecule has 0 bridgehead atoms. The number of nitrogens with zero attached hydrogens (tertiary/aromatic N) is 1. The number of nitrogens with one attached hydrogen (secondary N) is 1. The number of piperidine rings is 1. The minimum Gasteiger partial charge on any atom is -0.311 e. The number of likely N-dealkylation sites (tertiary alicyclic amines) is 1. The van der Waals surface area contributed by atoms with Gasteiger partial charge in [0, 0.05) is 30.7 Å². The molecule has 0 radical (unpaired) electrons. The van der Waals surface area contributed by atoms with Crippen LogP contribution < -0.4 is 5.32 Å². The lowest BCUT2D eigenvalue weighted by Gasteiger charge is -2.41. The number of hydrogen-bond acceptors (Lipinski definition) is 2. The first-order valence-electron chi connectivity index (χ1n) is 8.91. The molecular formula is C20H34N2. The molecule has 1 N–H and O–H groups in total. The van der Waals surface area contributed by atoms with Crippen LogP contribution in [0.1, 0.15) is 58.1 Å². The van der Waals surface area contributed by atoms with E-state index < -0.39 is 0 Å². The van der Waals surface area contributed by atoms with E-state index in [2.05, 4.69) is 69.1 Å². The van der Waals surface area contributed by atoms with Crippen LogP contribution in [0.3, 0.4) is 0 Å². The summed E-state index contributed by atoms with van der Waals surface area (Å²) < 4.78 is 0. The smallest absolute Gasteiger partial charge is 0.0125 e. The SMILES string of the molecule is Cc1cccc(CCC(C)NC2CCN(C(C)(C)C)CC2)c1. The van der Waals surface area contributed by atoms with Crippen molar-refractivity contribution >= 4 is 0 Å². The highest BCUT2D eigenvalue weighted by atomic mass is 15.2. The maximum Gasteiger partial charge on any atom is 0.0125 e. The van der Waals surface area contributed by atoms with Crippen molar-refractivity contribution < 1.29 is 0 Å². The molecular weight excluding hydrogens is 268 g/mol. The Morgan fingerprint density at radius 2 is 1.91 bits per heavy atom. The van der Waals surface area contributed by atoms with Crippen LogP contribution in [0.15, 0.2) is 24.3 Å². The lowest BCUT2D eigenvalue weighted by Crippen LogP contribution is -2.51. The predicted molar refractivity (Wildman–Crippen MR) is 96.4 cm³/mol. The highest BCUT2D eigenvalue weighted by Gasteiger charge is 2.27. The van der Waals surface area contributed by atoms with Gasteiger partial charge in [0.2, 0.25) is 0 Å². The molecule has 1 atom stereocenters. The van der Waals surface area contributed by atoms with E-state index in [9.17, 15) is 0 Å². The van der Waals surface area contributed by atoms with Gasteiger partial charge in [-0.2, -0.15) is 0 Å². The van der Waals surface area contributed by atoms with Crippen molar-refractivity contribution in [1.29, 1.82) is 0 Å². The zero-order valence-corrected chi connectivity index (χ0v) is 15.2. The third-order valence-corrected chi connectivity index (χ3v) is 4.91. The van der Waals surface area contributed by atoms with E-state index in [4.69, 9.17) is 0 Å². The lowest BCUT2D eigenvalue weighted by atomic mass is 9.97. The van der Waals surface area contributed by atoms with Gasteiger partial charge in [-0.1, -0.05) is 29.8 Å². The molecule has 0 spiro atoms. The van der Waals surface area contributed by atoms with Gasteiger partial charge in [-0.3, -0.25) is 4.90 Å². The maximum atomic E-state index is 3.85. The molecule has 124 valence electrons. The Morgan fingerprint density at radius 1 is 1.23 bits per heavy atom. The first-order valence-corrected chi connectivity index (χ1v) is 8.91. The second kappa shape index (κ2) is 7.61. The summed E-state index contributed by atoms with van der Waals surface area (Å²) in [5.74, 6) is 0. The topological polar surface area (TPSA) is 15.3 Å². The van der Waals surface area contributed by atoms with Crippen LogP contribution in [-0.2, 0) is 6.42 Å². The highest BCUT2D eigenvalue weighted by Crippen LogP contribution is 2.20. The Morgan fingerprint density at radius 3 is 2.50 bits per heavy atom. The van der Waals surface area contributed by atoms with Gasteiger partial charge in [-0.15, -0.1) is 0 Å². The fourth-order valence-corrected chi connectivity index (χ4v) is 3.45. The molecule has 2 rings (SSSR count). The molecule has 2 heteroatoms. The van der Waals surface area contributed by atoms with Crippen LogP contribution in [0.25, 0.3) is 0 Å². The lowest BCUT2D eigenvalue weighted by molar-refractivity contribution is 0.0940. The molecule has 0 aromatic heterocycles. The van der Waals surface area contributed by atoms with Crippen molar-refractivity contribution in [2.45, 2.75) is 77.9 Å². The Labute approximate surface area is 137 Å². The molecule has 1 aromatic carbocycles. The molecule has 1 aliphatic heterocycles. The van der Waals surface area contributed by atoms with E-state index in [0.29, 0.717) is 17.6 Å². The molecule has 1 fully saturated rings. The zero-order chi connectivity index (χ0) is 16.2. The molecule has 1 aliphatic rings. The first kappa shape index (κ1) is 17.5. The van der Waals surface area contributed by atoms with Gasteiger partial charge in [0.05, 0.1) is 0 Å². The van der Waals surface area contributed by atoms with Crippen LogP contribution in [0.4, 0.5) is 0 Å². The minimum atomic E-state index is 0.321.